The van der Waals surface area contributed by atoms with Crippen LogP contribution in [-0.2, 0) is 10.0 Å². The average molecular weight is 456 g/mol. The van der Waals surface area contributed by atoms with E-state index in [0.29, 0.717) is 28.2 Å². The molecular weight excluding hydrogens is 426 g/mol. The Morgan fingerprint density at radius 2 is 1.81 bits per heavy atom. The summed E-state index contributed by atoms with van der Waals surface area (Å²) in [4.78, 5) is 18.2. The summed E-state index contributed by atoms with van der Waals surface area (Å²) < 4.78 is 28.5. The van der Waals surface area contributed by atoms with Crippen LogP contribution >= 0.6 is 0 Å². The number of carbonyl (C=O) groups excluding carboxylic acids is 1. The highest BCUT2D eigenvalue weighted by Crippen LogP contribution is 2.40. The molecule has 8 nitrogen and oxygen atoms in total. The Hall–Kier alpha value is -2.78. The number of sulfonamides is 1. The summed E-state index contributed by atoms with van der Waals surface area (Å²) in [5, 5.41) is 8.04. The van der Waals surface area contributed by atoms with Gasteiger partial charge in [-0.15, -0.1) is 0 Å². The van der Waals surface area contributed by atoms with Crippen LogP contribution in [0.1, 0.15) is 68.5 Å². The highest BCUT2D eigenvalue weighted by molar-refractivity contribution is 7.89. The summed E-state index contributed by atoms with van der Waals surface area (Å²) in [6, 6.07) is 8.08. The normalized spacial score (nSPS) is 14.6. The van der Waals surface area contributed by atoms with Gasteiger partial charge in [0.2, 0.25) is 10.0 Å². The molecule has 0 aliphatic heterocycles. The largest absolute Gasteiger partial charge is 0.322 e. The van der Waals surface area contributed by atoms with Crippen LogP contribution in [-0.4, -0.2) is 46.5 Å². The lowest BCUT2D eigenvalue weighted by atomic mass is 10.1. The van der Waals surface area contributed by atoms with Gasteiger partial charge in [0.15, 0.2) is 5.65 Å². The molecule has 4 rings (SSSR count). The molecule has 2 heterocycles. The molecule has 0 unspecified atom stereocenters. The van der Waals surface area contributed by atoms with Crippen LogP contribution in [0.4, 0.5) is 5.69 Å². The van der Waals surface area contributed by atoms with Crippen molar-refractivity contribution in [3.05, 3.63) is 47.8 Å². The van der Waals surface area contributed by atoms with Crippen LogP contribution in [0.2, 0.25) is 0 Å². The fraction of sp³-hybridized carbons (Fsp3) is 0.435. The molecule has 0 saturated heterocycles. The summed E-state index contributed by atoms with van der Waals surface area (Å²) in [6.45, 7) is 7.70. The van der Waals surface area contributed by atoms with E-state index in [-0.39, 0.29) is 22.9 Å². The Kier molecular flexibility index (Phi) is 5.81. The van der Waals surface area contributed by atoms with Gasteiger partial charge in [-0.05, 0) is 70.9 Å². The van der Waals surface area contributed by atoms with Gasteiger partial charge in [0.25, 0.3) is 5.91 Å². The molecule has 9 heteroatoms. The summed E-state index contributed by atoms with van der Waals surface area (Å²) in [7, 11) is -2.02. The van der Waals surface area contributed by atoms with Crippen molar-refractivity contribution >= 4 is 32.7 Å². The number of aromatic nitrogens is 3. The van der Waals surface area contributed by atoms with Crippen LogP contribution in [0.3, 0.4) is 0 Å². The first-order valence-corrected chi connectivity index (χ1v) is 12.3. The molecule has 2 aromatic heterocycles. The number of fused-ring (bicyclic) bond motifs is 1. The molecular formula is C23H29N5O3S. The van der Waals surface area contributed by atoms with E-state index in [1.165, 1.54) is 16.4 Å². The Bertz CT molecular complexity index is 1260. The second kappa shape index (κ2) is 8.29. The number of nitrogens with one attached hydrogen (secondary N) is 1. The van der Waals surface area contributed by atoms with Crippen molar-refractivity contribution in [2.45, 2.75) is 63.4 Å². The minimum Gasteiger partial charge on any atom is -0.322 e. The summed E-state index contributed by atoms with van der Waals surface area (Å²) in [5.41, 5.74) is 2.69. The second-order valence-electron chi connectivity index (χ2n) is 8.88. The Morgan fingerprint density at radius 3 is 2.38 bits per heavy atom. The van der Waals surface area contributed by atoms with Crippen LogP contribution in [0.5, 0.6) is 0 Å². The molecule has 1 aliphatic carbocycles. The van der Waals surface area contributed by atoms with Crippen LogP contribution < -0.4 is 5.32 Å². The fourth-order valence-electron chi connectivity index (χ4n) is 3.54. The van der Waals surface area contributed by atoms with E-state index in [0.717, 1.165) is 18.5 Å². The van der Waals surface area contributed by atoms with Gasteiger partial charge in [-0.2, -0.15) is 9.40 Å². The first-order valence-electron chi connectivity index (χ1n) is 10.9. The van der Waals surface area contributed by atoms with Crippen molar-refractivity contribution in [2.24, 2.45) is 0 Å². The number of hydrogen-bond donors (Lipinski definition) is 1. The standard InChI is InChI=1S/C23H29N5O3S/c1-14(2)27(5)32(30,31)18-10-8-17(9-11-18)25-23(29)19-12-21(16-6-7-16)26-22-20(19)13-24-28(22)15(3)4/h8-16H,6-7H2,1-5H3,(H,25,29). The zero-order valence-electron chi connectivity index (χ0n) is 19.0. The van der Waals surface area contributed by atoms with Crippen molar-refractivity contribution < 1.29 is 13.2 Å². The number of benzene rings is 1. The van der Waals surface area contributed by atoms with Crippen molar-refractivity contribution in [3.63, 3.8) is 0 Å². The molecule has 0 radical (unpaired) electrons. The molecule has 1 N–H and O–H groups in total. The minimum atomic E-state index is -3.58. The molecule has 1 saturated carbocycles. The Morgan fingerprint density at radius 1 is 1.16 bits per heavy atom. The molecule has 1 aromatic carbocycles. The zero-order chi connectivity index (χ0) is 23.2. The highest BCUT2D eigenvalue weighted by atomic mass is 32.2. The van der Waals surface area contributed by atoms with Gasteiger partial charge in [0, 0.05) is 36.4 Å². The smallest absolute Gasteiger partial charge is 0.256 e. The number of anilines is 1. The quantitative estimate of drug-likeness (QED) is 0.577. The molecule has 0 bridgehead atoms. The number of carbonyl (C=O) groups is 1. The maximum Gasteiger partial charge on any atom is 0.256 e. The van der Waals surface area contributed by atoms with Gasteiger partial charge in [-0.1, -0.05) is 0 Å². The van der Waals surface area contributed by atoms with Crippen LogP contribution in [0, 0.1) is 0 Å². The van der Waals surface area contributed by atoms with Gasteiger partial charge >= 0.3 is 0 Å². The van der Waals surface area contributed by atoms with Crippen LogP contribution in [0.15, 0.2) is 41.4 Å². The van der Waals surface area contributed by atoms with Gasteiger partial charge in [0.05, 0.1) is 22.0 Å². The molecule has 3 aromatic rings. The van der Waals surface area contributed by atoms with E-state index in [9.17, 15) is 13.2 Å². The monoisotopic (exact) mass is 455 g/mol. The molecule has 0 spiro atoms. The average Bonchev–Trinajstić information content (AvgIpc) is 3.51. The predicted octanol–water partition coefficient (Wildman–Crippen LogP) is 4.17. The van der Waals surface area contributed by atoms with Crippen molar-refractivity contribution in [3.8, 4) is 0 Å². The Balaban J connectivity index is 1.63. The number of hydrogen-bond acceptors (Lipinski definition) is 5. The highest BCUT2D eigenvalue weighted by Gasteiger charge is 2.28. The van der Waals surface area contributed by atoms with E-state index >= 15 is 0 Å². The fourth-order valence-corrected chi connectivity index (χ4v) is 4.91. The molecule has 1 aliphatic rings. The van der Waals surface area contributed by atoms with Crippen molar-refractivity contribution in [1.82, 2.24) is 19.1 Å². The van der Waals surface area contributed by atoms with Gasteiger partial charge < -0.3 is 5.32 Å². The third-order valence-corrected chi connectivity index (χ3v) is 7.88. The zero-order valence-corrected chi connectivity index (χ0v) is 19.8. The molecule has 32 heavy (non-hydrogen) atoms. The van der Waals surface area contributed by atoms with Gasteiger partial charge in [-0.25, -0.2) is 18.1 Å². The maximum atomic E-state index is 13.2. The van der Waals surface area contributed by atoms with E-state index < -0.39 is 10.0 Å². The molecule has 1 amide bonds. The van der Waals surface area contributed by atoms with E-state index in [1.54, 1.807) is 25.4 Å². The summed E-state index contributed by atoms with van der Waals surface area (Å²) in [5.74, 6) is 0.126. The second-order valence-corrected chi connectivity index (χ2v) is 10.9. The van der Waals surface area contributed by atoms with E-state index in [1.807, 2.05) is 38.4 Å². The SMILES string of the molecule is CC(C)N(C)S(=O)(=O)c1ccc(NC(=O)c2cc(C3CC3)nc3c2cnn3C(C)C)cc1. The summed E-state index contributed by atoms with van der Waals surface area (Å²) in [6.07, 6.45) is 3.84. The van der Waals surface area contributed by atoms with Crippen LogP contribution in [0.25, 0.3) is 11.0 Å². The lowest BCUT2D eigenvalue weighted by Crippen LogP contribution is -2.33. The topological polar surface area (TPSA) is 97.2 Å². The van der Waals surface area contributed by atoms with E-state index in [4.69, 9.17) is 4.98 Å². The van der Waals surface area contributed by atoms with Crippen molar-refractivity contribution in [2.75, 3.05) is 12.4 Å². The van der Waals surface area contributed by atoms with Gasteiger partial charge in [-0.3, -0.25) is 4.79 Å². The first kappa shape index (κ1) is 22.4. The third-order valence-electron chi connectivity index (χ3n) is 5.83. The number of rotatable bonds is 7. The van der Waals surface area contributed by atoms with Crippen molar-refractivity contribution in [1.29, 1.82) is 0 Å². The minimum absolute atomic E-state index is 0.129. The summed E-state index contributed by atoms with van der Waals surface area (Å²) >= 11 is 0. The first-order chi connectivity index (χ1) is 15.1. The molecule has 1 fully saturated rings. The lowest BCUT2D eigenvalue weighted by molar-refractivity contribution is 0.102. The lowest BCUT2D eigenvalue weighted by Gasteiger charge is -2.21. The molecule has 0 atom stereocenters. The predicted molar refractivity (Wildman–Crippen MR) is 124 cm³/mol. The number of amides is 1. The third kappa shape index (κ3) is 4.14. The number of pyridine rings is 1. The maximum absolute atomic E-state index is 13.2. The van der Waals surface area contributed by atoms with E-state index in [2.05, 4.69) is 10.4 Å². The Labute approximate surface area is 188 Å². The van der Waals surface area contributed by atoms with Gasteiger partial charge in [0.1, 0.15) is 0 Å². The molecule has 170 valence electrons. The number of nitrogens with zero attached hydrogens (tertiary/aromatic N) is 4.